The molecule has 0 fully saturated rings. The summed E-state index contributed by atoms with van der Waals surface area (Å²) in [6, 6.07) is 4.14. The van der Waals surface area contributed by atoms with Crippen LogP contribution in [0.15, 0.2) is 24.3 Å². The van der Waals surface area contributed by atoms with Crippen molar-refractivity contribution in [2.24, 2.45) is 0 Å². The normalized spacial score (nSPS) is 11.9. The van der Waals surface area contributed by atoms with Crippen molar-refractivity contribution in [2.45, 2.75) is 6.18 Å². The van der Waals surface area contributed by atoms with Crippen LogP contribution in [0.25, 0.3) is 10.9 Å². The van der Waals surface area contributed by atoms with Gasteiger partial charge in [0.2, 0.25) is 0 Å². The molecule has 16 heavy (non-hydrogen) atoms. The molecule has 2 rings (SSSR count). The van der Waals surface area contributed by atoms with Gasteiger partial charge < -0.3 is 10.2 Å². The second kappa shape index (κ2) is 3.26. The van der Waals surface area contributed by atoms with E-state index < -0.39 is 23.4 Å². The highest BCUT2D eigenvalue weighted by Crippen LogP contribution is 2.32. The van der Waals surface area contributed by atoms with Crippen molar-refractivity contribution < 1.29 is 23.4 Å². The van der Waals surface area contributed by atoms with Gasteiger partial charge in [-0.3, -0.25) is 0 Å². The van der Waals surface area contributed by atoms with E-state index in [1.807, 2.05) is 0 Å². The number of benzene rings is 1. The number of pyridine rings is 1. The number of phenols is 2. The van der Waals surface area contributed by atoms with Gasteiger partial charge in [-0.2, -0.15) is 13.2 Å². The lowest BCUT2D eigenvalue weighted by Crippen LogP contribution is -2.07. The van der Waals surface area contributed by atoms with Gasteiger partial charge in [-0.25, -0.2) is 4.98 Å². The third kappa shape index (κ3) is 1.73. The molecule has 0 bridgehead atoms. The predicted molar refractivity (Wildman–Crippen MR) is 50.1 cm³/mol. The van der Waals surface area contributed by atoms with E-state index in [0.717, 1.165) is 18.2 Å². The number of rotatable bonds is 0. The van der Waals surface area contributed by atoms with Crippen molar-refractivity contribution in [3.8, 4) is 11.5 Å². The molecule has 1 heterocycles. The van der Waals surface area contributed by atoms with Gasteiger partial charge in [-0.15, -0.1) is 0 Å². The van der Waals surface area contributed by atoms with Crippen LogP contribution in [0.2, 0.25) is 0 Å². The maximum Gasteiger partial charge on any atom is 0.433 e. The van der Waals surface area contributed by atoms with Crippen LogP contribution in [0.1, 0.15) is 5.69 Å². The molecular weight excluding hydrogens is 223 g/mol. The molecule has 0 saturated carbocycles. The molecule has 6 heteroatoms. The molecule has 0 amide bonds. The minimum absolute atomic E-state index is 0.0230. The van der Waals surface area contributed by atoms with Crippen molar-refractivity contribution >= 4 is 10.9 Å². The van der Waals surface area contributed by atoms with Crippen molar-refractivity contribution in [3.05, 3.63) is 30.0 Å². The molecule has 0 unspecified atom stereocenters. The van der Waals surface area contributed by atoms with Crippen molar-refractivity contribution in [1.82, 2.24) is 4.98 Å². The van der Waals surface area contributed by atoms with Gasteiger partial charge in [0.15, 0.2) is 11.5 Å². The van der Waals surface area contributed by atoms with Gasteiger partial charge in [-0.05, 0) is 12.1 Å². The van der Waals surface area contributed by atoms with E-state index in [1.165, 1.54) is 6.07 Å². The summed E-state index contributed by atoms with van der Waals surface area (Å²) in [5.41, 5.74) is -1.06. The quantitative estimate of drug-likeness (QED) is 0.683. The Kier molecular flexibility index (Phi) is 2.15. The fourth-order valence-electron chi connectivity index (χ4n) is 1.31. The highest BCUT2D eigenvalue weighted by atomic mass is 19.4. The van der Waals surface area contributed by atoms with Gasteiger partial charge in [0, 0.05) is 11.5 Å². The smallest absolute Gasteiger partial charge is 0.433 e. The molecule has 0 atom stereocenters. The molecule has 1 aromatic heterocycles. The average molecular weight is 229 g/mol. The molecule has 84 valence electrons. The molecule has 0 radical (unpaired) electrons. The Balaban J connectivity index is 2.67. The number of hydrogen-bond acceptors (Lipinski definition) is 3. The second-order valence-electron chi connectivity index (χ2n) is 3.23. The van der Waals surface area contributed by atoms with Gasteiger partial charge in [-0.1, -0.05) is 6.07 Å². The standard InChI is InChI=1S/C10H6F3NO2/c11-10(12,13)9-2-1-5-3-7(15)8(16)4-6(5)14-9/h1-4,15-16H. The minimum atomic E-state index is -4.53. The minimum Gasteiger partial charge on any atom is -0.504 e. The van der Waals surface area contributed by atoms with Crippen LogP contribution in [0.3, 0.4) is 0 Å². The highest BCUT2D eigenvalue weighted by molar-refractivity contribution is 5.82. The number of aromatic nitrogens is 1. The number of nitrogens with zero attached hydrogens (tertiary/aromatic N) is 1. The summed E-state index contributed by atoms with van der Waals surface area (Å²) in [5, 5.41) is 18.6. The van der Waals surface area contributed by atoms with Gasteiger partial charge in [0.1, 0.15) is 5.69 Å². The van der Waals surface area contributed by atoms with Gasteiger partial charge in [0.25, 0.3) is 0 Å². The molecule has 0 aliphatic heterocycles. The van der Waals surface area contributed by atoms with Crippen LogP contribution < -0.4 is 0 Å². The van der Waals surface area contributed by atoms with Gasteiger partial charge in [0.05, 0.1) is 5.52 Å². The van der Waals surface area contributed by atoms with Crippen LogP contribution in [0.4, 0.5) is 13.2 Å². The number of halogens is 3. The second-order valence-corrected chi connectivity index (χ2v) is 3.23. The molecule has 2 N–H and O–H groups in total. The van der Waals surface area contributed by atoms with Crippen molar-refractivity contribution in [1.29, 1.82) is 0 Å². The molecule has 2 aromatic rings. The van der Waals surface area contributed by atoms with Crippen LogP contribution in [-0.4, -0.2) is 15.2 Å². The first-order chi connectivity index (χ1) is 7.38. The van der Waals surface area contributed by atoms with E-state index in [0.29, 0.717) is 5.39 Å². The first-order valence-electron chi connectivity index (χ1n) is 4.28. The lowest BCUT2D eigenvalue weighted by atomic mass is 10.2. The predicted octanol–water partition coefficient (Wildman–Crippen LogP) is 2.66. The van der Waals surface area contributed by atoms with Crippen LogP contribution >= 0.6 is 0 Å². The highest BCUT2D eigenvalue weighted by Gasteiger charge is 2.32. The lowest BCUT2D eigenvalue weighted by Gasteiger charge is -2.07. The zero-order chi connectivity index (χ0) is 11.9. The summed E-state index contributed by atoms with van der Waals surface area (Å²) < 4.78 is 37.0. The molecule has 1 aromatic carbocycles. The summed E-state index contributed by atoms with van der Waals surface area (Å²) in [4.78, 5) is 3.35. The first-order valence-corrected chi connectivity index (χ1v) is 4.28. The average Bonchev–Trinajstić information content (AvgIpc) is 2.17. The summed E-state index contributed by atoms with van der Waals surface area (Å²) in [6.07, 6.45) is -4.53. The third-order valence-electron chi connectivity index (χ3n) is 2.08. The lowest BCUT2D eigenvalue weighted by molar-refractivity contribution is -0.140. The van der Waals surface area contributed by atoms with Crippen LogP contribution in [0, 0.1) is 0 Å². The number of hydrogen-bond donors (Lipinski definition) is 2. The maximum absolute atomic E-state index is 12.3. The number of aromatic hydroxyl groups is 2. The summed E-state index contributed by atoms with van der Waals surface area (Å²) in [5.74, 6) is -0.895. The van der Waals surface area contributed by atoms with Crippen LogP contribution in [0.5, 0.6) is 11.5 Å². The van der Waals surface area contributed by atoms with Gasteiger partial charge >= 0.3 is 6.18 Å². The summed E-state index contributed by atoms with van der Waals surface area (Å²) in [6.45, 7) is 0. The molecule has 0 spiro atoms. The molecule has 0 aliphatic rings. The van der Waals surface area contributed by atoms with Crippen molar-refractivity contribution in [2.75, 3.05) is 0 Å². The zero-order valence-corrected chi connectivity index (χ0v) is 7.78. The Labute approximate surface area is 87.8 Å². The Morgan fingerprint density at radius 2 is 1.62 bits per heavy atom. The van der Waals surface area contributed by atoms with Crippen LogP contribution in [-0.2, 0) is 6.18 Å². The number of phenolic OH excluding ortho intramolecular Hbond substituents is 2. The monoisotopic (exact) mass is 229 g/mol. The molecule has 0 saturated heterocycles. The Hall–Kier alpha value is -1.98. The molecular formula is C10H6F3NO2. The fraction of sp³-hybridized carbons (Fsp3) is 0.100. The van der Waals surface area contributed by atoms with E-state index in [-0.39, 0.29) is 5.52 Å². The SMILES string of the molecule is Oc1cc2ccc(C(F)(F)F)nc2cc1O. The van der Waals surface area contributed by atoms with E-state index in [9.17, 15) is 13.2 Å². The van der Waals surface area contributed by atoms with Crippen molar-refractivity contribution in [3.63, 3.8) is 0 Å². The topological polar surface area (TPSA) is 53.4 Å². The molecule has 3 nitrogen and oxygen atoms in total. The number of alkyl halides is 3. The maximum atomic E-state index is 12.3. The number of fused-ring (bicyclic) bond motifs is 1. The third-order valence-corrected chi connectivity index (χ3v) is 2.08. The van der Waals surface area contributed by atoms with E-state index in [4.69, 9.17) is 10.2 Å². The zero-order valence-electron chi connectivity index (χ0n) is 7.78. The largest absolute Gasteiger partial charge is 0.504 e. The summed E-state index contributed by atoms with van der Waals surface area (Å²) in [7, 11) is 0. The Bertz CT molecular complexity index is 551. The van der Waals surface area contributed by atoms with E-state index >= 15 is 0 Å². The van der Waals surface area contributed by atoms with E-state index in [1.54, 1.807) is 0 Å². The van der Waals surface area contributed by atoms with E-state index in [2.05, 4.69) is 4.98 Å². The Morgan fingerprint density at radius 3 is 2.25 bits per heavy atom. The first kappa shape index (κ1) is 10.5. The fourth-order valence-corrected chi connectivity index (χ4v) is 1.31. The Morgan fingerprint density at radius 1 is 1.00 bits per heavy atom. The molecule has 0 aliphatic carbocycles. The summed E-state index contributed by atoms with van der Waals surface area (Å²) >= 11 is 0.